The second-order valence-electron chi connectivity index (χ2n) is 15.5. The number of carbonyl (C=O) groups excluding carboxylic acids is 3. The molecule has 0 aromatic rings. The van der Waals surface area contributed by atoms with E-state index in [0.717, 1.165) is 70.1 Å². The molecule has 0 amide bonds. The maximum absolute atomic E-state index is 12.5. The molecule has 6 heteroatoms. The van der Waals surface area contributed by atoms with E-state index in [1.165, 1.54) is 128 Å². The number of hydrogen-bond donors (Lipinski definition) is 0. The van der Waals surface area contributed by atoms with E-state index in [2.05, 4.69) is 27.7 Å². The number of rotatable bonds is 39. The zero-order valence-electron chi connectivity index (χ0n) is 33.9. The molecule has 0 aliphatic rings. The maximum atomic E-state index is 12.5. The van der Waals surface area contributed by atoms with Crippen molar-refractivity contribution in [3.63, 3.8) is 0 Å². The molecule has 0 radical (unpaired) electrons. The van der Waals surface area contributed by atoms with Gasteiger partial charge in [0, 0.05) is 19.3 Å². The summed E-state index contributed by atoms with van der Waals surface area (Å²) < 4.78 is 16.6. The molecule has 0 fully saturated rings. The molecule has 0 heterocycles. The predicted octanol–water partition coefficient (Wildman–Crippen LogP) is 13.6. The van der Waals surface area contributed by atoms with Crippen molar-refractivity contribution in [3.8, 4) is 0 Å². The lowest BCUT2D eigenvalue weighted by atomic mass is 10.0. The van der Waals surface area contributed by atoms with Crippen molar-refractivity contribution in [2.24, 2.45) is 5.92 Å². The highest BCUT2D eigenvalue weighted by atomic mass is 16.6. The molecule has 296 valence electrons. The Morgan fingerprint density at radius 2 is 0.660 bits per heavy atom. The monoisotopic (exact) mass is 709 g/mol. The summed E-state index contributed by atoms with van der Waals surface area (Å²) in [7, 11) is 0. The van der Waals surface area contributed by atoms with Crippen molar-refractivity contribution < 1.29 is 28.6 Å². The summed E-state index contributed by atoms with van der Waals surface area (Å²) in [5, 5.41) is 0. The van der Waals surface area contributed by atoms with Crippen LogP contribution in [0.4, 0.5) is 0 Å². The molecule has 0 unspecified atom stereocenters. The maximum Gasteiger partial charge on any atom is 0.306 e. The van der Waals surface area contributed by atoms with Gasteiger partial charge in [-0.3, -0.25) is 14.4 Å². The number of ether oxygens (including phenoxy) is 3. The summed E-state index contributed by atoms with van der Waals surface area (Å²) >= 11 is 0. The molecule has 0 saturated carbocycles. The van der Waals surface area contributed by atoms with Crippen molar-refractivity contribution in [1.82, 2.24) is 0 Å². The Bertz CT molecular complexity index is 751. The van der Waals surface area contributed by atoms with Crippen LogP contribution in [0.25, 0.3) is 0 Å². The summed E-state index contributed by atoms with van der Waals surface area (Å²) in [4.78, 5) is 37.4. The molecule has 1 atom stereocenters. The van der Waals surface area contributed by atoms with Gasteiger partial charge in [0.15, 0.2) is 6.10 Å². The zero-order valence-corrected chi connectivity index (χ0v) is 33.9. The lowest BCUT2D eigenvalue weighted by Crippen LogP contribution is -2.30. The quantitative estimate of drug-likeness (QED) is 0.0359. The third kappa shape index (κ3) is 37.7. The van der Waals surface area contributed by atoms with Gasteiger partial charge >= 0.3 is 17.9 Å². The van der Waals surface area contributed by atoms with Crippen LogP contribution in [0, 0.1) is 5.92 Å². The summed E-state index contributed by atoms with van der Waals surface area (Å²) in [5.41, 5.74) is 0. The SMILES string of the molecule is CCCCCCCCCCCCCC(=O)OC[C@H](COC(=O)CCCCCCCCCCCCCCCC(C)C)OC(=O)CCCCCCC. The smallest absolute Gasteiger partial charge is 0.306 e. The van der Waals surface area contributed by atoms with E-state index in [4.69, 9.17) is 14.2 Å². The van der Waals surface area contributed by atoms with Crippen LogP contribution in [0.3, 0.4) is 0 Å². The van der Waals surface area contributed by atoms with Gasteiger partial charge in [-0.05, 0) is 25.2 Å². The Morgan fingerprint density at radius 3 is 0.980 bits per heavy atom. The predicted molar refractivity (Wildman–Crippen MR) is 210 cm³/mol. The molecule has 0 N–H and O–H groups in total. The summed E-state index contributed by atoms with van der Waals surface area (Å²) in [6, 6.07) is 0. The van der Waals surface area contributed by atoms with Crippen LogP contribution < -0.4 is 0 Å². The molecule has 0 spiro atoms. The lowest BCUT2D eigenvalue weighted by molar-refractivity contribution is -0.167. The molecule has 0 aromatic carbocycles. The zero-order chi connectivity index (χ0) is 36.8. The second kappa shape index (κ2) is 38.6. The van der Waals surface area contributed by atoms with Gasteiger partial charge < -0.3 is 14.2 Å². The Balaban J connectivity index is 4.13. The second-order valence-corrected chi connectivity index (χ2v) is 15.5. The summed E-state index contributed by atoms with van der Waals surface area (Å²) in [6.45, 7) is 8.91. The molecule has 0 saturated heterocycles. The standard InChI is InChI=1S/C44H84O6/c1-5-7-9-11-12-13-17-21-24-28-31-35-42(45)48-38-41(50-44(47)37-33-26-10-8-6-2)39-49-43(46)36-32-29-25-22-19-16-14-15-18-20-23-27-30-34-40(3)4/h40-41H,5-39H2,1-4H3/t41-/m1/s1. The first kappa shape index (κ1) is 48.4. The van der Waals surface area contributed by atoms with Crippen LogP contribution in [0.2, 0.25) is 0 Å². The molecular formula is C44H84O6. The number of unbranched alkanes of at least 4 members (excludes halogenated alkanes) is 26. The van der Waals surface area contributed by atoms with Gasteiger partial charge in [-0.2, -0.15) is 0 Å². The Hall–Kier alpha value is -1.59. The van der Waals surface area contributed by atoms with E-state index in [-0.39, 0.29) is 31.1 Å². The van der Waals surface area contributed by atoms with E-state index in [0.29, 0.717) is 19.3 Å². The molecule has 0 aromatic heterocycles. The highest BCUT2D eigenvalue weighted by Gasteiger charge is 2.19. The topological polar surface area (TPSA) is 78.9 Å². The Labute approximate surface area is 310 Å². The molecule has 0 aliphatic carbocycles. The van der Waals surface area contributed by atoms with Crippen molar-refractivity contribution >= 4 is 17.9 Å². The van der Waals surface area contributed by atoms with E-state index >= 15 is 0 Å². The lowest BCUT2D eigenvalue weighted by Gasteiger charge is -2.18. The molecule has 6 nitrogen and oxygen atoms in total. The van der Waals surface area contributed by atoms with Gasteiger partial charge in [-0.25, -0.2) is 0 Å². The normalized spacial score (nSPS) is 11.9. The van der Waals surface area contributed by atoms with Gasteiger partial charge in [0.25, 0.3) is 0 Å². The average molecular weight is 709 g/mol. The van der Waals surface area contributed by atoms with Crippen molar-refractivity contribution in [2.75, 3.05) is 13.2 Å². The fourth-order valence-electron chi connectivity index (χ4n) is 6.45. The molecule has 0 rings (SSSR count). The number of esters is 3. The largest absolute Gasteiger partial charge is 0.462 e. The van der Waals surface area contributed by atoms with Gasteiger partial charge in [0.2, 0.25) is 0 Å². The van der Waals surface area contributed by atoms with E-state index < -0.39 is 6.10 Å². The molecule has 0 bridgehead atoms. The molecule has 0 aliphatic heterocycles. The summed E-state index contributed by atoms with van der Waals surface area (Å²) in [5.74, 6) is -0.0318. The first-order chi connectivity index (χ1) is 24.4. The Kier molecular flexibility index (Phi) is 37.4. The van der Waals surface area contributed by atoms with Crippen molar-refractivity contribution in [3.05, 3.63) is 0 Å². The first-order valence-electron chi connectivity index (χ1n) is 21.9. The van der Waals surface area contributed by atoms with Crippen LogP contribution >= 0.6 is 0 Å². The van der Waals surface area contributed by atoms with Crippen LogP contribution in [-0.2, 0) is 28.6 Å². The highest BCUT2D eigenvalue weighted by molar-refractivity contribution is 5.71. The van der Waals surface area contributed by atoms with Crippen LogP contribution in [0.5, 0.6) is 0 Å². The van der Waals surface area contributed by atoms with Gasteiger partial charge in [-0.1, -0.05) is 201 Å². The number of hydrogen-bond acceptors (Lipinski definition) is 6. The molecular weight excluding hydrogens is 624 g/mol. The van der Waals surface area contributed by atoms with Gasteiger partial charge in [0.05, 0.1) is 0 Å². The van der Waals surface area contributed by atoms with Crippen LogP contribution in [-0.4, -0.2) is 37.2 Å². The fraction of sp³-hybridized carbons (Fsp3) is 0.932. The average Bonchev–Trinajstić information content (AvgIpc) is 3.09. The first-order valence-corrected chi connectivity index (χ1v) is 21.9. The summed E-state index contributed by atoms with van der Waals surface area (Å²) in [6.07, 6.45) is 36.9. The molecule has 50 heavy (non-hydrogen) atoms. The van der Waals surface area contributed by atoms with Crippen LogP contribution in [0.15, 0.2) is 0 Å². The van der Waals surface area contributed by atoms with E-state index in [1.807, 2.05) is 0 Å². The van der Waals surface area contributed by atoms with Crippen molar-refractivity contribution in [1.29, 1.82) is 0 Å². The number of carbonyl (C=O) groups is 3. The van der Waals surface area contributed by atoms with Gasteiger partial charge in [-0.15, -0.1) is 0 Å². The van der Waals surface area contributed by atoms with E-state index in [9.17, 15) is 14.4 Å². The third-order valence-corrected chi connectivity index (χ3v) is 9.79. The minimum absolute atomic E-state index is 0.0654. The Morgan fingerprint density at radius 1 is 0.380 bits per heavy atom. The highest BCUT2D eigenvalue weighted by Crippen LogP contribution is 2.16. The van der Waals surface area contributed by atoms with Crippen molar-refractivity contribution in [2.45, 2.75) is 246 Å². The fourth-order valence-corrected chi connectivity index (χ4v) is 6.45. The van der Waals surface area contributed by atoms with Gasteiger partial charge in [0.1, 0.15) is 13.2 Å². The third-order valence-electron chi connectivity index (χ3n) is 9.79. The van der Waals surface area contributed by atoms with E-state index in [1.54, 1.807) is 0 Å². The minimum atomic E-state index is -0.756. The van der Waals surface area contributed by atoms with Crippen LogP contribution in [0.1, 0.15) is 240 Å². The minimum Gasteiger partial charge on any atom is -0.462 e.